The summed E-state index contributed by atoms with van der Waals surface area (Å²) in [5.41, 5.74) is 0. The number of hydrogen-bond acceptors (Lipinski definition) is 2. The zero-order valence-corrected chi connectivity index (χ0v) is 9.91. The summed E-state index contributed by atoms with van der Waals surface area (Å²) in [5.74, 6) is 1.52. The molecule has 2 aliphatic carbocycles. The van der Waals surface area contributed by atoms with E-state index in [0.717, 1.165) is 18.0 Å². The fourth-order valence-electron chi connectivity index (χ4n) is 3.20. The van der Waals surface area contributed by atoms with Crippen LogP contribution in [0.4, 0.5) is 0 Å². The standard InChI is InChI=1S/C13H25NO/c1-10-2-5-13(8-10)14-12-6-3-11(9-15)4-7-12/h10-15H,2-9H2,1H3. The number of aliphatic hydroxyl groups excluding tert-OH is 1. The second-order valence-corrected chi connectivity index (χ2v) is 5.68. The van der Waals surface area contributed by atoms with E-state index >= 15 is 0 Å². The minimum absolute atomic E-state index is 0.396. The Hall–Kier alpha value is -0.0800. The summed E-state index contributed by atoms with van der Waals surface area (Å²) in [6.07, 6.45) is 9.14. The van der Waals surface area contributed by atoms with Gasteiger partial charge in [-0.05, 0) is 56.8 Å². The monoisotopic (exact) mass is 211 g/mol. The lowest BCUT2D eigenvalue weighted by atomic mass is 9.86. The van der Waals surface area contributed by atoms with Gasteiger partial charge < -0.3 is 10.4 Å². The predicted molar refractivity (Wildman–Crippen MR) is 62.8 cm³/mol. The Balaban J connectivity index is 1.68. The number of nitrogens with one attached hydrogen (secondary N) is 1. The smallest absolute Gasteiger partial charge is 0.0459 e. The highest BCUT2D eigenvalue weighted by atomic mass is 16.3. The van der Waals surface area contributed by atoms with Crippen molar-refractivity contribution >= 4 is 0 Å². The molecule has 2 heteroatoms. The van der Waals surface area contributed by atoms with Crippen molar-refractivity contribution in [1.82, 2.24) is 5.32 Å². The molecule has 88 valence electrons. The van der Waals surface area contributed by atoms with Gasteiger partial charge in [0.2, 0.25) is 0 Å². The summed E-state index contributed by atoms with van der Waals surface area (Å²) in [7, 11) is 0. The third-order valence-electron chi connectivity index (χ3n) is 4.27. The van der Waals surface area contributed by atoms with Crippen LogP contribution in [0.15, 0.2) is 0 Å². The fraction of sp³-hybridized carbons (Fsp3) is 1.00. The molecule has 0 heterocycles. The van der Waals surface area contributed by atoms with Crippen molar-refractivity contribution in [2.24, 2.45) is 11.8 Å². The van der Waals surface area contributed by atoms with Gasteiger partial charge in [0.1, 0.15) is 0 Å². The van der Waals surface area contributed by atoms with Crippen LogP contribution in [-0.2, 0) is 0 Å². The minimum atomic E-state index is 0.396. The lowest BCUT2D eigenvalue weighted by Gasteiger charge is -2.30. The first kappa shape index (κ1) is 11.4. The van der Waals surface area contributed by atoms with E-state index in [1.54, 1.807) is 0 Å². The topological polar surface area (TPSA) is 32.3 Å². The molecule has 0 saturated heterocycles. The molecule has 0 aromatic rings. The van der Waals surface area contributed by atoms with Gasteiger partial charge in [-0.2, -0.15) is 0 Å². The van der Waals surface area contributed by atoms with E-state index in [2.05, 4.69) is 12.2 Å². The molecule has 2 N–H and O–H groups in total. The van der Waals surface area contributed by atoms with Crippen molar-refractivity contribution in [3.63, 3.8) is 0 Å². The molecule has 0 bridgehead atoms. The normalized spacial score (nSPS) is 42.0. The maximum atomic E-state index is 9.08. The Labute approximate surface area is 93.5 Å². The number of rotatable bonds is 3. The van der Waals surface area contributed by atoms with Gasteiger partial charge in [0.25, 0.3) is 0 Å². The van der Waals surface area contributed by atoms with E-state index in [4.69, 9.17) is 5.11 Å². The van der Waals surface area contributed by atoms with E-state index in [0.29, 0.717) is 12.5 Å². The minimum Gasteiger partial charge on any atom is -0.396 e. The van der Waals surface area contributed by atoms with Crippen molar-refractivity contribution in [3.05, 3.63) is 0 Å². The molecule has 2 unspecified atom stereocenters. The molecule has 0 spiro atoms. The maximum absolute atomic E-state index is 9.08. The van der Waals surface area contributed by atoms with Crippen molar-refractivity contribution < 1.29 is 5.11 Å². The van der Waals surface area contributed by atoms with E-state index in [1.165, 1.54) is 44.9 Å². The number of aliphatic hydroxyl groups is 1. The molecule has 0 aliphatic heterocycles. The van der Waals surface area contributed by atoms with Crippen LogP contribution in [0.3, 0.4) is 0 Å². The fourth-order valence-corrected chi connectivity index (χ4v) is 3.20. The Morgan fingerprint density at radius 2 is 1.67 bits per heavy atom. The van der Waals surface area contributed by atoms with Crippen molar-refractivity contribution in [1.29, 1.82) is 0 Å². The van der Waals surface area contributed by atoms with Crippen LogP contribution in [-0.4, -0.2) is 23.8 Å². The molecular weight excluding hydrogens is 186 g/mol. The Bertz CT molecular complexity index is 187. The van der Waals surface area contributed by atoms with Gasteiger partial charge in [0.05, 0.1) is 0 Å². The van der Waals surface area contributed by atoms with Crippen LogP contribution in [0, 0.1) is 11.8 Å². The molecule has 0 radical (unpaired) electrons. The van der Waals surface area contributed by atoms with E-state index < -0.39 is 0 Å². The molecular formula is C13H25NO. The molecule has 0 aromatic heterocycles. The lowest BCUT2D eigenvalue weighted by Crippen LogP contribution is -2.39. The summed E-state index contributed by atoms with van der Waals surface area (Å²) < 4.78 is 0. The third kappa shape index (κ3) is 3.18. The van der Waals surface area contributed by atoms with E-state index in [-0.39, 0.29) is 0 Å². The highest BCUT2D eigenvalue weighted by Crippen LogP contribution is 2.28. The van der Waals surface area contributed by atoms with E-state index in [1.807, 2.05) is 0 Å². The SMILES string of the molecule is CC1CCC(NC2CCC(CO)CC2)C1. The van der Waals surface area contributed by atoms with Crippen LogP contribution < -0.4 is 5.32 Å². The zero-order chi connectivity index (χ0) is 10.7. The van der Waals surface area contributed by atoms with Gasteiger partial charge in [-0.15, -0.1) is 0 Å². The summed E-state index contributed by atoms with van der Waals surface area (Å²) in [6.45, 7) is 2.76. The summed E-state index contributed by atoms with van der Waals surface area (Å²) in [6, 6.07) is 1.53. The van der Waals surface area contributed by atoms with Crippen molar-refractivity contribution in [2.45, 2.75) is 64.0 Å². The molecule has 0 amide bonds. The van der Waals surface area contributed by atoms with Gasteiger partial charge in [0, 0.05) is 18.7 Å². The Morgan fingerprint density at radius 3 is 2.20 bits per heavy atom. The molecule has 2 aliphatic rings. The summed E-state index contributed by atoms with van der Waals surface area (Å²) >= 11 is 0. The molecule has 2 atom stereocenters. The maximum Gasteiger partial charge on any atom is 0.0459 e. The largest absolute Gasteiger partial charge is 0.396 e. The predicted octanol–water partition coefficient (Wildman–Crippen LogP) is 2.32. The molecule has 2 saturated carbocycles. The molecule has 15 heavy (non-hydrogen) atoms. The first-order valence-electron chi connectivity index (χ1n) is 6.65. The Kier molecular flexibility index (Phi) is 4.04. The van der Waals surface area contributed by atoms with Crippen LogP contribution in [0.1, 0.15) is 51.9 Å². The van der Waals surface area contributed by atoms with Gasteiger partial charge in [0.15, 0.2) is 0 Å². The van der Waals surface area contributed by atoms with Crippen LogP contribution in [0.25, 0.3) is 0 Å². The summed E-state index contributed by atoms with van der Waals surface area (Å²) in [4.78, 5) is 0. The van der Waals surface area contributed by atoms with Gasteiger partial charge in [-0.3, -0.25) is 0 Å². The average molecular weight is 211 g/mol. The third-order valence-corrected chi connectivity index (χ3v) is 4.27. The molecule has 2 nitrogen and oxygen atoms in total. The highest BCUT2D eigenvalue weighted by Gasteiger charge is 2.26. The van der Waals surface area contributed by atoms with Crippen LogP contribution in [0.5, 0.6) is 0 Å². The van der Waals surface area contributed by atoms with E-state index in [9.17, 15) is 0 Å². The van der Waals surface area contributed by atoms with Gasteiger partial charge in [-0.25, -0.2) is 0 Å². The lowest BCUT2D eigenvalue weighted by molar-refractivity contribution is 0.171. The molecule has 2 fully saturated rings. The van der Waals surface area contributed by atoms with Crippen molar-refractivity contribution in [3.8, 4) is 0 Å². The molecule has 0 aromatic carbocycles. The zero-order valence-electron chi connectivity index (χ0n) is 9.91. The molecule has 2 rings (SSSR count). The highest BCUT2D eigenvalue weighted by molar-refractivity contribution is 4.84. The average Bonchev–Trinajstić information content (AvgIpc) is 2.65. The second-order valence-electron chi connectivity index (χ2n) is 5.68. The summed E-state index contributed by atoms with van der Waals surface area (Å²) in [5, 5.41) is 12.9. The Morgan fingerprint density at radius 1 is 1.00 bits per heavy atom. The van der Waals surface area contributed by atoms with Gasteiger partial charge >= 0.3 is 0 Å². The quantitative estimate of drug-likeness (QED) is 0.751. The first-order valence-corrected chi connectivity index (χ1v) is 6.65. The van der Waals surface area contributed by atoms with Crippen molar-refractivity contribution in [2.75, 3.05) is 6.61 Å². The number of hydrogen-bond donors (Lipinski definition) is 2. The van der Waals surface area contributed by atoms with Gasteiger partial charge in [-0.1, -0.05) is 6.92 Å². The first-order chi connectivity index (χ1) is 7.28. The van der Waals surface area contributed by atoms with Crippen LogP contribution >= 0.6 is 0 Å². The van der Waals surface area contributed by atoms with Crippen LogP contribution in [0.2, 0.25) is 0 Å². The second kappa shape index (κ2) is 5.31.